The van der Waals surface area contributed by atoms with Crippen LogP contribution in [0.5, 0.6) is 0 Å². The summed E-state index contributed by atoms with van der Waals surface area (Å²) >= 11 is 0. The normalized spacial score (nSPS) is 12.2. The molecule has 4 nitrogen and oxygen atoms in total. The van der Waals surface area contributed by atoms with Crippen molar-refractivity contribution >= 4 is 5.91 Å². The molecule has 4 heteroatoms. The van der Waals surface area contributed by atoms with E-state index in [0.717, 1.165) is 11.1 Å². The minimum atomic E-state index is -0.419. The number of hydrogen-bond donors (Lipinski definition) is 1. The molecule has 0 aliphatic heterocycles. The zero-order valence-electron chi connectivity index (χ0n) is 10.5. The number of hydrogen-bond acceptors (Lipinski definition) is 3. The summed E-state index contributed by atoms with van der Waals surface area (Å²) in [5.74, 6) is -0.107. The Hall–Kier alpha value is -1.39. The van der Waals surface area contributed by atoms with E-state index in [9.17, 15) is 4.79 Å². The van der Waals surface area contributed by atoms with Crippen LogP contribution in [0, 0.1) is 0 Å². The van der Waals surface area contributed by atoms with Gasteiger partial charge in [-0.1, -0.05) is 24.3 Å². The van der Waals surface area contributed by atoms with Crippen molar-refractivity contribution in [2.24, 2.45) is 0 Å². The summed E-state index contributed by atoms with van der Waals surface area (Å²) in [7, 11) is 3.18. The van der Waals surface area contributed by atoms with Gasteiger partial charge in [0, 0.05) is 20.8 Å². The van der Waals surface area contributed by atoms with E-state index in [1.165, 1.54) is 7.11 Å². The van der Waals surface area contributed by atoms with Crippen molar-refractivity contribution in [1.82, 2.24) is 5.32 Å². The van der Waals surface area contributed by atoms with Gasteiger partial charge < -0.3 is 14.8 Å². The number of ether oxygens (including phenoxy) is 2. The SMILES string of the molecule is COCc1cccc(CNC(=O)C(C)OC)c1. The predicted molar refractivity (Wildman–Crippen MR) is 65.5 cm³/mol. The number of benzene rings is 1. The van der Waals surface area contributed by atoms with E-state index in [2.05, 4.69) is 5.32 Å². The third kappa shape index (κ3) is 4.54. The number of carbonyl (C=O) groups excluding carboxylic acids is 1. The highest BCUT2D eigenvalue weighted by molar-refractivity contribution is 5.80. The number of nitrogens with one attached hydrogen (secondary N) is 1. The number of rotatable bonds is 6. The van der Waals surface area contributed by atoms with Gasteiger partial charge in [0.25, 0.3) is 0 Å². The van der Waals surface area contributed by atoms with Crippen LogP contribution < -0.4 is 5.32 Å². The highest BCUT2D eigenvalue weighted by Gasteiger charge is 2.10. The smallest absolute Gasteiger partial charge is 0.249 e. The summed E-state index contributed by atoms with van der Waals surface area (Å²) in [4.78, 5) is 11.5. The molecule has 1 N–H and O–H groups in total. The van der Waals surface area contributed by atoms with Crippen LogP contribution in [0.4, 0.5) is 0 Å². The molecular weight excluding hydrogens is 218 g/mol. The van der Waals surface area contributed by atoms with E-state index in [0.29, 0.717) is 13.2 Å². The van der Waals surface area contributed by atoms with Crippen LogP contribution in [0.2, 0.25) is 0 Å². The third-order valence-electron chi connectivity index (χ3n) is 2.49. The standard InChI is InChI=1S/C13H19NO3/c1-10(17-3)13(15)14-8-11-5-4-6-12(7-11)9-16-2/h4-7,10H,8-9H2,1-3H3,(H,14,15). The van der Waals surface area contributed by atoms with Crippen molar-refractivity contribution in [3.05, 3.63) is 35.4 Å². The first-order valence-corrected chi connectivity index (χ1v) is 5.54. The van der Waals surface area contributed by atoms with Gasteiger partial charge in [0.2, 0.25) is 5.91 Å². The summed E-state index contributed by atoms with van der Waals surface area (Å²) in [5.41, 5.74) is 2.15. The van der Waals surface area contributed by atoms with Gasteiger partial charge in [0.05, 0.1) is 6.61 Å². The van der Waals surface area contributed by atoms with E-state index in [1.807, 2.05) is 24.3 Å². The van der Waals surface area contributed by atoms with Crippen LogP contribution in [0.15, 0.2) is 24.3 Å². The van der Waals surface area contributed by atoms with Gasteiger partial charge in [0.1, 0.15) is 6.10 Å². The molecule has 0 saturated carbocycles. The molecule has 0 aliphatic rings. The van der Waals surface area contributed by atoms with Crippen LogP contribution in [-0.4, -0.2) is 26.2 Å². The van der Waals surface area contributed by atoms with Crippen molar-refractivity contribution in [2.75, 3.05) is 14.2 Å². The van der Waals surface area contributed by atoms with Gasteiger partial charge in [-0.2, -0.15) is 0 Å². The minimum absolute atomic E-state index is 0.107. The summed E-state index contributed by atoms with van der Waals surface area (Å²) in [5, 5.41) is 2.81. The van der Waals surface area contributed by atoms with Crippen LogP contribution in [0.3, 0.4) is 0 Å². The van der Waals surface area contributed by atoms with Crippen molar-refractivity contribution in [3.63, 3.8) is 0 Å². The average molecular weight is 237 g/mol. The third-order valence-corrected chi connectivity index (χ3v) is 2.49. The molecule has 0 aliphatic carbocycles. The van der Waals surface area contributed by atoms with Gasteiger partial charge in [-0.05, 0) is 18.1 Å². The van der Waals surface area contributed by atoms with E-state index in [1.54, 1.807) is 14.0 Å². The van der Waals surface area contributed by atoms with E-state index in [4.69, 9.17) is 9.47 Å². The molecule has 0 aromatic heterocycles. The fourth-order valence-corrected chi connectivity index (χ4v) is 1.44. The van der Waals surface area contributed by atoms with Gasteiger partial charge in [-0.3, -0.25) is 4.79 Å². The van der Waals surface area contributed by atoms with E-state index in [-0.39, 0.29) is 5.91 Å². The van der Waals surface area contributed by atoms with Crippen molar-refractivity contribution < 1.29 is 14.3 Å². The molecule has 0 spiro atoms. The average Bonchev–Trinajstić information content (AvgIpc) is 2.36. The summed E-state index contributed by atoms with van der Waals surface area (Å²) in [6.45, 7) is 2.80. The first kappa shape index (κ1) is 13.7. The predicted octanol–water partition coefficient (Wildman–Crippen LogP) is 1.48. The highest BCUT2D eigenvalue weighted by atomic mass is 16.5. The second-order valence-corrected chi connectivity index (χ2v) is 3.85. The number of amides is 1. The maximum Gasteiger partial charge on any atom is 0.249 e. The Labute approximate surface area is 102 Å². The molecule has 1 rings (SSSR count). The Morgan fingerprint density at radius 3 is 2.71 bits per heavy atom. The monoisotopic (exact) mass is 237 g/mol. The molecule has 1 unspecified atom stereocenters. The van der Waals surface area contributed by atoms with Gasteiger partial charge in [-0.25, -0.2) is 0 Å². The zero-order valence-corrected chi connectivity index (χ0v) is 10.5. The molecule has 0 heterocycles. The molecule has 17 heavy (non-hydrogen) atoms. The summed E-state index contributed by atoms with van der Waals surface area (Å²) in [6, 6.07) is 7.93. The minimum Gasteiger partial charge on any atom is -0.380 e. The van der Waals surface area contributed by atoms with Crippen molar-refractivity contribution in [1.29, 1.82) is 0 Å². The van der Waals surface area contributed by atoms with E-state index < -0.39 is 6.10 Å². The highest BCUT2D eigenvalue weighted by Crippen LogP contribution is 2.06. The van der Waals surface area contributed by atoms with Crippen molar-refractivity contribution in [3.8, 4) is 0 Å². The first-order chi connectivity index (χ1) is 8.17. The maximum absolute atomic E-state index is 11.5. The Morgan fingerprint density at radius 1 is 1.35 bits per heavy atom. The van der Waals surface area contributed by atoms with Crippen LogP contribution in [0.25, 0.3) is 0 Å². The van der Waals surface area contributed by atoms with Crippen LogP contribution in [-0.2, 0) is 27.4 Å². The fraction of sp³-hybridized carbons (Fsp3) is 0.462. The lowest BCUT2D eigenvalue weighted by Crippen LogP contribution is -2.33. The zero-order chi connectivity index (χ0) is 12.7. The second kappa shape index (κ2) is 7.04. The van der Waals surface area contributed by atoms with Gasteiger partial charge in [0.15, 0.2) is 0 Å². The Balaban J connectivity index is 2.51. The van der Waals surface area contributed by atoms with Gasteiger partial charge >= 0.3 is 0 Å². The molecule has 0 fully saturated rings. The largest absolute Gasteiger partial charge is 0.380 e. The van der Waals surface area contributed by atoms with Gasteiger partial charge in [-0.15, -0.1) is 0 Å². The topological polar surface area (TPSA) is 47.6 Å². The molecule has 1 aromatic rings. The first-order valence-electron chi connectivity index (χ1n) is 5.54. The lowest BCUT2D eigenvalue weighted by atomic mass is 10.1. The lowest BCUT2D eigenvalue weighted by molar-refractivity contribution is -0.130. The Kier molecular flexibility index (Phi) is 5.66. The maximum atomic E-state index is 11.5. The summed E-state index contributed by atoms with van der Waals surface area (Å²) in [6.07, 6.45) is -0.419. The summed E-state index contributed by atoms with van der Waals surface area (Å²) < 4.78 is 9.99. The Morgan fingerprint density at radius 2 is 2.06 bits per heavy atom. The quantitative estimate of drug-likeness (QED) is 0.815. The lowest BCUT2D eigenvalue weighted by Gasteiger charge is -2.11. The Bertz CT molecular complexity index is 365. The molecule has 1 atom stereocenters. The van der Waals surface area contributed by atoms with Crippen molar-refractivity contribution in [2.45, 2.75) is 26.2 Å². The van der Waals surface area contributed by atoms with E-state index >= 15 is 0 Å². The number of methoxy groups -OCH3 is 2. The van der Waals surface area contributed by atoms with Crippen LogP contribution >= 0.6 is 0 Å². The second-order valence-electron chi connectivity index (χ2n) is 3.85. The molecule has 94 valence electrons. The molecule has 0 bridgehead atoms. The molecule has 0 saturated heterocycles. The molecule has 1 aromatic carbocycles. The number of carbonyl (C=O) groups is 1. The van der Waals surface area contributed by atoms with Crippen LogP contribution in [0.1, 0.15) is 18.1 Å². The molecule has 0 radical (unpaired) electrons. The molecular formula is C13H19NO3. The molecule has 1 amide bonds. The fourth-order valence-electron chi connectivity index (χ4n) is 1.44.